The zero-order valence-electron chi connectivity index (χ0n) is 16.9. The Balaban J connectivity index is 3.35. The quantitative estimate of drug-likeness (QED) is 0.216. The van der Waals surface area contributed by atoms with Crippen LogP contribution in [-0.2, 0) is 27.9 Å². The van der Waals surface area contributed by atoms with Crippen molar-refractivity contribution in [1.82, 2.24) is 4.90 Å². The first-order chi connectivity index (χ1) is 13.7. The number of carboxylic acids is 1. The molecule has 0 aliphatic rings. The molecule has 0 fully saturated rings. The van der Waals surface area contributed by atoms with Crippen molar-refractivity contribution < 1.29 is 19.4 Å². The van der Waals surface area contributed by atoms with Crippen LogP contribution in [0, 0.1) is 0 Å². The van der Waals surface area contributed by atoms with Gasteiger partial charge < -0.3 is 9.84 Å². The molecule has 5 nitrogen and oxygen atoms in total. The smallest absolute Gasteiger partial charge is 0.413 e. The number of hydrogen-bond donors (Lipinski definition) is 1. The van der Waals surface area contributed by atoms with E-state index in [-0.39, 0.29) is 29.4 Å². The Kier molecular flexibility index (Phi) is 11.9. The van der Waals surface area contributed by atoms with Crippen molar-refractivity contribution in [2.75, 3.05) is 5.88 Å². The summed E-state index contributed by atoms with van der Waals surface area (Å²) in [5.74, 6) is -1.03. The monoisotopic (exact) mass is 495 g/mol. The molecular formula is C19H27ClNO4PS3. The largest absolute Gasteiger partial charge is 0.480 e. The van der Waals surface area contributed by atoms with E-state index in [0.29, 0.717) is 7.36 Å². The SMILES string of the molecule is CC(C)SC(P=S)(SC(C)C)N(C(=O)OCc1ccccc1)C(CCCl)C(=O)O. The second-order valence-corrected chi connectivity index (χ2v) is 12.9. The molecule has 1 aromatic carbocycles. The van der Waals surface area contributed by atoms with Gasteiger partial charge in [0.25, 0.3) is 0 Å². The first-order valence-corrected chi connectivity index (χ1v) is 13.4. The van der Waals surface area contributed by atoms with E-state index >= 15 is 0 Å². The third kappa shape index (κ3) is 8.25. The number of nitrogens with zero attached hydrogens (tertiary/aromatic N) is 1. The van der Waals surface area contributed by atoms with Crippen LogP contribution >= 0.6 is 42.5 Å². The lowest BCUT2D eigenvalue weighted by Gasteiger charge is -2.43. The Labute approximate surface area is 193 Å². The number of thioether (sulfide) groups is 2. The van der Waals surface area contributed by atoms with Gasteiger partial charge in [-0.25, -0.2) is 9.59 Å². The molecule has 0 bridgehead atoms. The Bertz CT molecular complexity index is 669. The van der Waals surface area contributed by atoms with Gasteiger partial charge in [-0.3, -0.25) is 4.90 Å². The zero-order valence-corrected chi connectivity index (χ0v) is 21.0. The number of benzene rings is 1. The fourth-order valence-corrected chi connectivity index (χ4v) is 8.94. The van der Waals surface area contributed by atoms with E-state index in [2.05, 4.69) is 0 Å². The van der Waals surface area contributed by atoms with Crippen molar-refractivity contribution in [1.29, 1.82) is 0 Å². The van der Waals surface area contributed by atoms with Gasteiger partial charge in [-0.05, 0) is 12.0 Å². The van der Waals surface area contributed by atoms with Gasteiger partial charge >= 0.3 is 12.1 Å². The number of carboxylic acid groups (broad SMARTS) is 1. The van der Waals surface area contributed by atoms with Gasteiger partial charge in [0, 0.05) is 23.7 Å². The highest BCUT2D eigenvalue weighted by Crippen LogP contribution is 2.53. The van der Waals surface area contributed by atoms with Crippen LogP contribution in [0.3, 0.4) is 0 Å². The fourth-order valence-electron chi connectivity index (χ4n) is 2.54. The molecule has 1 aromatic rings. The molecule has 29 heavy (non-hydrogen) atoms. The first kappa shape index (κ1) is 26.5. The van der Waals surface area contributed by atoms with Crippen LogP contribution in [0.4, 0.5) is 4.79 Å². The van der Waals surface area contributed by atoms with Crippen molar-refractivity contribution in [3.05, 3.63) is 35.9 Å². The predicted molar refractivity (Wildman–Crippen MR) is 128 cm³/mol. The summed E-state index contributed by atoms with van der Waals surface area (Å²) in [6.07, 6.45) is -0.605. The molecule has 0 aromatic heterocycles. The molecule has 0 aliphatic heterocycles. The fraction of sp³-hybridized carbons (Fsp3) is 0.579. The van der Waals surface area contributed by atoms with E-state index in [0.717, 1.165) is 5.56 Å². The van der Waals surface area contributed by atoms with E-state index in [1.54, 1.807) is 0 Å². The minimum absolute atomic E-state index is 0.0481. The Morgan fingerprint density at radius 1 is 1.21 bits per heavy atom. The average Bonchev–Trinajstić information content (AvgIpc) is 2.65. The number of ether oxygens (including phenoxy) is 1. The summed E-state index contributed by atoms with van der Waals surface area (Å²) in [4.78, 5) is 26.6. The minimum Gasteiger partial charge on any atom is -0.480 e. The maximum Gasteiger partial charge on any atom is 0.413 e. The van der Waals surface area contributed by atoms with Crippen LogP contribution in [0.25, 0.3) is 0 Å². The van der Waals surface area contributed by atoms with Gasteiger partial charge in [0.2, 0.25) is 0 Å². The summed E-state index contributed by atoms with van der Waals surface area (Å²) in [7, 11) is 0.449. The summed E-state index contributed by atoms with van der Waals surface area (Å²) in [5.41, 5.74) is 0.819. The lowest BCUT2D eigenvalue weighted by Crippen LogP contribution is -2.54. The zero-order chi connectivity index (χ0) is 22.0. The topological polar surface area (TPSA) is 66.8 Å². The Morgan fingerprint density at radius 3 is 2.17 bits per heavy atom. The van der Waals surface area contributed by atoms with Gasteiger partial charge in [0.05, 0.1) is 0 Å². The van der Waals surface area contributed by atoms with Gasteiger partial charge in [-0.15, -0.1) is 35.1 Å². The number of hydrogen-bond acceptors (Lipinski definition) is 6. The third-order valence-corrected chi connectivity index (χ3v) is 9.44. The predicted octanol–water partition coefficient (Wildman–Crippen LogP) is 6.01. The first-order valence-electron chi connectivity index (χ1n) is 9.15. The third-order valence-electron chi connectivity index (χ3n) is 3.58. The molecule has 10 heteroatoms. The van der Waals surface area contributed by atoms with Crippen LogP contribution < -0.4 is 0 Å². The van der Waals surface area contributed by atoms with Gasteiger partial charge in [0.1, 0.15) is 12.6 Å². The summed E-state index contributed by atoms with van der Waals surface area (Å²) in [6, 6.07) is 8.13. The normalized spacial score (nSPS) is 12.9. The highest BCUT2D eigenvalue weighted by atomic mass is 35.5. The van der Waals surface area contributed by atoms with Crippen LogP contribution in [0.2, 0.25) is 0 Å². The summed E-state index contributed by atoms with van der Waals surface area (Å²) in [6.45, 7) is 8.01. The molecule has 0 saturated heterocycles. The van der Waals surface area contributed by atoms with Gasteiger partial charge in [0.15, 0.2) is 3.94 Å². The molecule has 1 N–H and O–H groups in total. The molecule has 0 aliphatic carbocycles. The van der Waals surface area contributed by atoms with Crippen molar-refractivity contribution >= 4 is 66.4 Å². The highest BCUT2D eigenvalue weighted by molar-refractivity contribution is 8.27. The van der Waals surface area contributed by atoms with Crippen LogP contribution in [-0.4, -0.2) is 48.4 Å². The van der Waals surface area contributed by atoms with Gasteiger partial charge in [-0.2, -0.15) is 0 Å². The standard InChI is InChI=1S/C19H27ClNO4PS3/c1-13(2)28-19(26-27,29-14(3)4)21(16(10-11-20)17(22)23)18(24)25-12-15-8-6-5-7-9-15/h5-9,13-14,16H,10-12H2,1-4H3,(H,22,23). The molecule has 0 saturated carbocycles. The number of alkyl halides is 1. The van der Waals surface area contributed by atoms with Crippen molar-refractivity contribution in [2.45, 2.75) is 61.2 Å². The summed E-state index contributed by atoms with van der Waals surface area (Å²) in [5, 5.41) is 10.1. The summed E-state index contributed by atoms with van der Waals surface area (Å²) >= 11 is 14.3. The number of amides is 1. The molecule has 162 valence electrons. The maximum absolute atomic E-state index is 13.2. The minimum atomic E-state index is -1.14. The molecule has 0 heterocycles. The van der Waals surface area contributed by atoms with Crippen LogP contribution in [0.1, 0.15) is 39.7 Å². The van der Waals surface area contributed by atoms with Crippen molar-refractivity contribution in [3.63, 3.8) is 0 Å². The molecule has 0 spiro atoms. The number of carbonyl (C=O) groups is 2. The molecular weight excluding hydrogens is 469 g/mol. The molecule has 1 rings (SSSR count). The van der Waals surface area contributed by atoms with E-state index in [1.165, 1.54) is 28.4 Å². The van der Waals surface area contributed by atoms with E-state index < -0.39 is 22.0 Å². The Hall–Kier alpha value is -0.530. The molecule has 0 radical (unpaired) electrons. The van der Waals surface area contributed by atoms with Crippen LogP contribution in [0.15, 0.2) is 30.3 Å². The number of carbonyl (C=O) groups excluding carboxylic acids is 1. The maximum atomic E-state index is 13.2. The second-order valence-electron chi connectivity index (χ2n) is 6.71. The number of halogens is 1. The van der Waals surface area contributed by atoms with Crippen molar-refractivity contribution in [3.8, 4) is 0 Å². The second kappa shape index (κ2) is 13.0. The highest BCUT2D eigenvalue weighted by Gasteiger charge is 2.48. The summed E-state index contributed by atoms with van der Waals surface area (Å²) < 4.78 is 4.56. The number of rotatable bonds is 12. The molecule has 1 amide bonds. The lowest BCUT2D eigenvalue weighted by atomic mass is 10.2. The van der Waals surface area contributed by atoms with E-state index in [9.17, 15) is 14.7 Å². The average molecular weight is 496 g/mol. The molecule has 1 unspecified atom stereocenters. The molecule has 1 atom stereocenters. The van der Waals surface area contributed by atoms with E-state index in [4.69, 9.17) is 28.1 Å². The Morgan fingerprint density at radius 2 is 1.76 bits per heavy atom. The van der Waals surface area contributed by atoms with Crippen molar-refractivity contribution in [2.24, 2.45) is 0 Å². The van der Waals surface area contributed by atoms with Gasteiger partial charge in [-0.1, -0.05) is 69.8 Å². The van der Waals surface area contributed by atoms with Crippen LogP contribution in [0.5, 0.6) is 0 Å². The van der Waals surface area contributed by atoms with E-state index in [1.807, 2.05) is 58.0 Å². The lowest BCUT2D eigenvalue weighted by molar-refractivity contribution is -0.142. The number of aliphatic carboxylic acids is 1.